The van der Waals surface area contributed by atoms with Crippen molar-refractivity contribution < 1.29 is 14.3 Å². The van der Waals surface area contributed by atoms with Crippen LogP contribution in [0, 0.1) is 11.3 Å². The van der Waals surface area contributed by atoms with Crippen LogP contribution in [-0.4, -0.2) is 18.9 Å². The van der Waals surface area contributed by atoms with Crippen molar-refractivity contribution in [3.8, 4) is 6.07 Å². The van der Waals surface area contributed by atoms with Crippen LogP contribution in [-0.2, 0) is 14.3 Å². The molecule has 1 unspecified atom stereocenters. The highest BCUT2D eigenvalue weighted by Crippen LogP contribution is 2.05. The molecule has 12 heavy (non-hydrogen) atoms. The number of carbonyl (C=O) groups excluding carboxylic acids is 1. The fraction of sp³-hybridized carbons (Fsp3) is 0.500. The monoisotopic (exact) mass is 169 g/mol. The van der Waals surface area contributed by atoms with Crippen molar-refractivity contribution in [2.75, 3.05) is 6.61 Å². The van der Waals surface area contributed by atoms with Gasteiger partial charge < -0.3 is 9.47 Å². The van der Waals surface area contributed by atoms with Crippen LogP contribution in [0.15, 0.2) is 12.2 Å². The van der Waals surface area contributed by atoms with Crippen molar-refractivity contribution in [3.05, 3.63) is 12.2 Å². The van der Waals surface area contributed by atoms with Crippen molar-refractivity contribution in [1.29, 1.82) is 5.26 Å². The van der Waals surface area contributed by atoms with Gasteiger partial charge in [-0.25, -0.2) is 0 Å². The SMILES string of the molecule is C=C(C#N)C(OCC)OC(C)=O. The molecule has 0 aliphatic carbocycles. The first-order valence-electron chi connectivity index (χ1n) is 3.49. The maximum atomic E-state index is 10.5. The van der Waals surface area contributed by atoms with Crippen LogP contribution in [0.5, 0.6) is 0 Å². The van der Waals surface area contributed by atoms with Crippen LogP contribution in [0.4, 0.5) is 0 Å². The lowest BCUT2D eigenvalue weighted by atomic mass is 10.3. The molecular weight excluding hydrogens is 158 g/mol. The van der Waals surface area contributed by atoms with Crippen molar-refractivity contribution in [3.63, 3.8) is 0 Å². The lowest BCUT2D eigenvalue weighted by Gasteiger charge is -2.14. The maximum Gasteiger partial charge on any atom is 0.305 e. The number of hydrogen-bond acceptors (Lipinski definition) is 4. The van der Waals surface area contributed by atoms with Crippen LogP contribution in [0.1, 0.15) is 13.8 Å². The summed E-state index contributed by atoms with van der Waals surface area (Å²) >= 11 is 0. The van der Waals surface area contributed by atoms with E-state index >= 15 is 0 Å². The Kier molecular flexibility index (Phi) is 4.73. The summed E-state index contributed by atoms with van der Waals surface area (Å²) in [5.41, 5.74) is 0.0899. The summed E-state index contributed by atoms with van der Waals surface area (Å²) in [6, 6.07) is 1.76. The highest BCUT2D eigenvalue weighted by atomic mass is 16.7. The molecule has 0 heterocycles. The van der Waals surface area contributed by atoms with E-state index in [0.29, 0.717) is 6.61 Å². The van der Waals surface area contributed by atoms with Crippen LogP contribution >= 0.6 is 0 Å². The molecule has 0 radical (unpaired) electrons. The molecular formula is C8H11NO3. The standard InChI is InChI=1S/C8H11NO3/c1-4-11-8(6(2)5-9)12-7(3)10/h8H,2,4H2,1,3H3. The zero-order valence-corrected chi connectivity index (χ0v) is 7.16. The first kappa shape index (κ1) is 10.7. The minimum atomic E-state index is -0.933. The Morgan fingerprint density at radius 1 is 1.75 bits per heavy atom. The van der Waals surface area contributed by atoms with E-state index in [2.05, 4.69) is 11.3 Å². The second-order valence-corrected chi connectivity index (χ2v) is 2.03. The zero-order chi connectivity index (χ0) is 9.56. The number of carbonyl (C=O) groups is 1. The lowest BCUT2D eigenvalue weighted by molar-refractivity contribution is -0.166. The van der Waals surface area contributed by atoms with Gasteiger partial charge in [0.1, 0.15) is 6.07 Å². The third-order valence-electron chi connectivity index (χ3n) is 1.02. The Labute approximate surface area is 71.4 Å². The van der Waals surface area contributed by atoms with Crippen molar-refractivity contribution in [1.82, 2.24) is 0 Å². The molecule has 4 nitrogen and oxygen atoms in total. The largest absolute Gasteiger partial charge is 0.431 e. The molecule has 1 atom stereocenters. The summed E-state index contributed by atoms with van der Waals surface area (Å²) in [6.45, 7) is 6.73. The van der Waals surface area contributed by atoms with Gasteiger partial charge >= 0.3 is 5.97 Å². The van der Waals surface area contributed by atoms with Gasteiger partial charge in [-0.1, -0.05) is 6.58 Å². The van der Waals surface area contributed by atoms with E-state index in [4.69, 9.17) is 10.00 Å². The molecule has 0 aliphatic heterocycles. The summed E-state index contributed by atoms with van der Waals surface area (Å²) in [4.78, 5) is 10.5. The highest BCUT2D eigenvalue weighted by Gasteiger charge is 2.14. The van der Waals surface area contributed by atoms with E-state index in [1.54, 1.807) is 13.0 Å². The Balaban J connectivity index is 4.14. The normalized spacial score (nSPS) is 11.4. The third-order valence-corrected chi connectivity index (χ3v) is 1.02. The molecule has 0 saturated carbocycles. The summed E-state index contributed by atoms with van der Waals surface area (Å²) in [7, 11) is 0. The molecule has 4 heteroatoms. The van der Waals surface area contributed by atoms with Gasteiger partial charge in [0.25, 0.3) is 0 Å². The number of ether oxygens (including phenoxy) is 2. The lowest BCUT2D eigenvalue weighted by Crippen LogP contribution is -2.21. The Morgan fingerprint density at radius 3 is 2.67 bits per heavy atom. The van der Waals surface area contributed by atoms with Crippen LogP contribution < -0.4 is 0 Å². The Bertz CT molecular complexity index is 217. The average Bonchev–Trinajstić information content (AvgIpc) is 2.01. The van der Waals surface area contributed by atoms with E-state index < -0.39 is 12.3 Å². The predicted octanol–water partition coefficient (Wildman–Crippen LogP) is 0.992. The van der Waals surface area contributed by atoms with E-state index in [-0.39, 0.29) is 5.57 Å². The second kappa shape index (κ2) is 5.33. The molecule has 0 spiro atoms. The van der Waals surface area contributed by atoms with Gasteiger partial charge in [-0.15, -0.1) is 0 Å². The van der Waals surface area contributed by atoms with Gasteiger partial charge in [0.2, 0.25) is 6.29 Å². The Hall–Kier alpha value is -1.34. The molecule has 0 saturated heterocycles. The maximum absolute atomic E-state index is 10.5. The highest BCUT2D eigenvalue weighted by molar-refractivity contribution is 5.66. The number of nitrogens with zero attached hydrogens (tertiary/aromatic N) is 1. The van der Waals surface area contributed by atoms with Crippen molar-refractivity contribution in [2.45, 2.75) is 20.1 Å². The van der Waals surface area contributed by atoms with Gasteiger partial charge in [-0.2, -0.15) is 5.26 Å². The fourth-order valence-electron chi connectivity index (χ4n) is 0.561. The Morgan fingerprint density at radius 2 is 2.33 bits per heavy atom. The number of hydrogen-bond donors (Lipinski definition) is 0. The van der Waals surface area contributed by atoms with Crippen LogP contribution in [0.3, 0.4) is 0 Å². The molecule has 0 rings (SSSR count). The molecule has 0 aromatic rings. The van der Waals surface area contributed by atoms with Crippen molar-refractivity contribution in [2.24, 2.45) is 0 Å². The molecule has 0 aromatic heterocycles. The van der Waals surface area contributed by atoms with Crippen LogP contribution in [0.2, 0.25) is 0 Å². The van der Waals surface area contributed by atoms with E-state index in [1.807, 2.05) is 0 Å². The summed E-state index contributed by atoms with van der Waals surface area (Å²) < 4.78 is 9.60. The summed E-state index contributed by atoms with van der Waals surface area (Å²) in [5, 5.41) is 8.42. The van der Waals surface area contributed by atoms with Crippen LogP contribution in [0.25, 0.3) is 0 Å². The molecule has 66 valence electrons. The molecule has 0 fully saturated rings. The van der Waals surface area contributed by atoms with Gasteiger partial charge in [0, 0.05) is 13.5 Å². The van der Waals surface area contributed by atoms with E-state index in [9.17, 15) is 4.79 Å². The summed E-state index contributed by atoms with van der Waals surface area (Å²) in [5.74, 6) is -0.496. The number of nitriles is 1. The molecule has 0 N–H and O–H groups in total. The molecule has 0 bridgehead atoms. The average molecular weight is 169 g/mol. The first-order valence-corrected chi connectivity index (χ1v) is 3.49. The predicted molar refractivity (Wildman–Crippen MR) is 41.9 cm³/mol. The smallest absolute Gasteiger partial charge is 0.305 e. The first-order chi connectivity index (χ1) is 5.61. The number of rotatable bonds is 4. The zero-order valence-electron chi connectivity index (χ0n) is 7.16. The second-order valence-electron chi connectivity index (χ2n) is 2.03. The number of esters is 1. The summed E-state index contributed by atoms with van der Waals surface area (Å²) in [6.07, 6.45) is -0.933. The van der Waals surface area contributed by atoms with Gasteiger partial charge in [-0.3, -0.25) is 4.79 Å². The quantitative estimate of drug-likeness (QED) is 0.357. The molecule has 0 aliphatic rings. The molecule has 0 amide bonds. The third kappa shape index (κ3) is 3.74. The minimum Gasteiger partial charge on any atom is -0.431 e. The van der Waals surface area contributed by atoms with E-state index in [1.165, 1.54) is 6.92 Å². The molecule has 0 aromatic carbocycles. The van der Waals surface area contributed by atoms with Gasteiger partial charge in [0.15, 0.2) is 0 Å². The minimum absolute atomic E-state index is 0.0899. The van der Waals surface area contributed by atoms with Crippen molar-refractivity contribution >= 4 is 5.97 Å². The van der Waals surface area contributed by atoms with Gasteiger partial charge in [-0.05, 0) is 6.92 Å². The fourth-order valence-corrected chi connectivity index (χ4v) is 0.561. The topological polar surface area (TPSA) is 59.3 Å². The van der Waals surface area contributed by atoms with E-state index in [0.717, 1.165) is 0 Å². The van der Waals surface area contributed by atoms with Gasteiger partial charge in [0.05, 0.1) is 5.57 Å².